The Kier molecular flexibility index (Phi) is 43.9. The molecular formula is C57H101NO8. The van der Waals surface area contributed by atoms with E-state index < -0.39 is 6.29 Å². The molecule has 2 atom stereocenters. The third kappa shape index (κ3) is 40.3. The Balaban J connectivity index is 2.42. The number of nitrogens with zero attached hydrogens (tertiary/aromatic N) is 1. The van der Waals surface area contributed by atoms with E-state index in [1.165, 1.54) is 51.4 Å². The molecule has 1 saturated heterocycles. The SMILES string of the molecule is CC/C=C\CCCCOC(CCC(=O)OCCCCC(CCCCOC(=O)CCCCCCC/C=C\C/C=C\CCCCC)OC(=O)CCC1CCCN(CC)C1)OCCCC/C=C\CC. The van der Waals surface area contributed by atoms with Gasteiger partial charge in [-0.25, -0.2) is 0 Å². The van der Waals surface area contributed by atoms with Crippen molar-refractivity contribution in [1.29, 1.82) is 0 Å². The van der Waals surface area contributed by atoms with Gasteiger partial charge in [-0.3, -0.25) is 14.4 Å². The van der Waals surface area contributed by atoms with Gasteiger partial charge in [0.15, 0.2) is 6.29 Å². The van der Waals surface area contributed by atoms with E-state index in [2.05, 4.69) is 81.2 Å². The first-order valence-electron chi connectivity index (χ1n) is 27.5. The van der Waals surface area contributed by atoms with Gasteiger partial charge in [0.1, 0.15) is 6.10 Å². The molecule has 1 rings (SSSR count). The van der Waals surface area contributed by atoms with Gasteiger partial charge in [0.05, 0.1) is 19.6 Å². The lowest BCUT2D eigenvalue weighted by Crippen LogP contribution is -2.35. The number of carbonyl (C=O) groups excluding carboxylic acids is 3. The molecule has 0 aromatic heterocycles. The van der Waals surface area contributed by atoms with Gasteiger partial charge in [-0.2, -0.15) is 0 Å². The van der Waals surface area contributed by atoms with Crippen molar-refractivity contribution in [2.24, 2.45) is 5.92 Å². The van der Waals surface area contributed by atoms with Crippen LogP contribution in [0.5, 0.6) is 0 Å². The van der Waals surface area contributed by atoms with E-state index in [0.717, 1.165) is 142 Å². The molecular weight excluding hydrogens is 827 g/mol. The molecule has 0 bridgehead atoms. The van der Waals surface area contributed by atoms with Gasteiger partial charge >= 0.3 is 17.9 Å². The number of allylic oxidation sites excluding steroid dienone is 8. The number of hydrogen-bond donors (Lipinski definition) is 0. The first-order chi connectivity index (χ1) is 32.4. The summed E-state index contributed by atoms with van der Waals surface area (Å²) in [4.78, 5) is 40.7. The van der Waals surface area contributed by atoms with Crippen molar-refractivity contribution in [3.63, 3.8) is 0 Å². The molecule has 0 spiro atoms. The fourth-order valence-electron chi connectivity index (χ4n) is 8.23. The second-order valence-electron chi connectivity index (χ2n) is 18.4. The molecule has 2 unspecified atom stereocenters. The van der Waals surface area contributed by atoms with Crippen LogP contribution < -0.4 is 0 Å². The Hall–Kier alpha value is -2.75. The highest BCUT2D eigenvalue weighted by atomic mass is 16.7. The van der Waals surface area contributed by atoms with E-state index >= 15 is 0 Å². The third-order valence-corrected chi connectivity index (χ3v) is 12.3. The molecule has 1 heterocycles. The first-order valence-corrected chi connectivity index (χ1v) is 27.5. The van der Waals surface area contributed by atoms with Crippen molar-refractivity contribution < 1.29 is 38.1 Å². The summed E-state index contributed by atoms with van der Waals surface area (Å²) >= 11 is 0. The van der Waals surface area contributed by atoms with E-state index in [4.69, 9.17) is 23.7 Å². The lowest BCUT2D eigenvalue weighted by molar-refractivity contribution is -0.159. The minimum absolute atomic E-state index is 0.116. The standard InChI is InChI=1S/C57H101NO8/c1-5-9-12-15-18-19-20-21-22-23-24-25-26-27-30-41-54(59)62-47-35-31-39-53(66-56(61)43-42-52-38-37-46-58(8-4)51-52)40-32-36-48-63-55(60)44-45-57(64-49-33-28-16-13-10-6-2)65-50-34-29-17-14-11-7-3/h10-11,13-14,18-19,21-22,52-53,57H,5-9,12,15-17,20,23-51H2,1-4H3/b13-10-,14-11-,19-18-,22-21-. The Morgan fingerprint density at radius 2 is 1.06 bits per heavy atom. The van der Waals surface area contributed by atoms with Crippen LogP contribution in [-0.2, 0) is 38.1 Å². The smallest absolute Gasteiger partial charge is 0.306 e. The quantitative estimate of drug-likeness (QED) is 0.0194. The van der Waals surface area contributed by atoms with Crippen LogP contribution in [-0.4, -0.2) is 81.3 Å². The van der Waals surface area contributed by atoms with Crippen LogP contribution in [0.25, 0.3) is 0 Å². The predicted molar refractivity (Wildman–Crippen MR) is 274 cm³/mol. The Morgan fingerprint density at radius 1 is 0.530 bits per heavy atom. The van der Waals surface area contributed by atoms with E-state index in [9.17, 15) is 14.4 Å². The zero-order chi connectivity index (χ0) is 47.8. The lowest BCUT2D eigenvalue weighted by atomic mass is 9.93. The van der Waals surface area contributed by atoms with Gasteiger partial charge in [0.2, 0.25) is 0 Å². The Labute approximate surface area is 405 Å². The molecule has 9 heteroatoms. The minimum atomic E-state index is -0.409. The van der Waals surface area contributed by atoms with Gasteiger partial charge in [-0.05, 0) is 167 Å². The molecule has 0 saturated carbocycles. The molecule has 0 aromatic rings. The highest BCUT2D eigenvalue weighted by Crippen LogP contribution is 2.22. The average molecular weight is 928 g/mol. The summed E-state index contributed by atoms with van der Waals surface area (Å²) in [7, 11) is 0. The zero-order valence-electron chi connectivity index (χ0n) is 43.1. The molecule has 9 nitrogen and oxygen atoms in total. The monoisotopic (exact) mass is 928 g/mol. The zero-order valence-corrected chi connectivity index (χ0v) is 43.1. The number of piperidine rings is 1. The molecule has 0 N–H and O–H groups in total. The second kappa shape index (κ2) is 47.3. The van der Waals surface area contributed by atoms with Crippen LogP contribution in [0.2, 0.25) is 0 Å². The third-order valence-electron chi connectivity index (χ3n) is 12.3. The summed E-state index contributed by atoms with van der Waals surface area (Å²) in [6, 6.07) is 0. The fourth-order valence-corrected chi connectivity index (χ4v) is 8.23. The van der Waals surface area contributed by atoms with Gasteiger partial charge < -0.3 is 28.6 Å². The number of rotatable bonds is 46. The molecule has 0 aromatic carbocycles. The van der Waals surface area contributed by atoms with Crippen molar-refractivity contribution >= 4 is 17.9 Å². The van der Waals surface area contributed by atoms with Crippen LogP contribution in [0.3, 0.4) is 0 Å². The van der Waals surface area contributed by atoms with Crippen molar-refractivity contribution in [1.82, 2.24) is 4.90 Å². The summed E-state index contributed by atoms with van der Waals surface area (Å²) in [5.74, 6) is 0.0712. The van der Waals surface area contributed by atoms with E-state index in [0.29, 0.717) is 58.0 Å². The molecule has 0 amide bonds. The van der Waals surface area contributed by atoms with Crippen LogP contribution in [0, 0.1) is 5.92 Å². The van der Waals surface area contributed by atoms with Gasteiger partial charge in [-0.15, -0.1) is 0 Å². The topological polar surface area (TPSA) is 101 Å². The van der Waals surface area contributed by atoms with Crippen LogP contribution in [0.4, 0.5) is 0 Å². The summed E-state index contributed by atoms with van der Waals surface area (Å²) in [5, 5.41) is 0. The molecule has 1 aliphatic rings. The maximum Gasteiger partial charge on any atom is 0.306 e. The summed E-state index contributed by atoms with van der Waals surface area (Å²) < 4.78 is 29.4. The van der Waals surface area contributed by atoms with Crippen LogP contribution in [0.1, 0.15) is 233 Å². The highest BCUT2D eigenvalue weighted by Gasteiger charge is 2.21. The lowest BCUT2D eigenvalue weighted by Gasteiger charge is -2.31. The van der Waals surface area contributed by atoms with Crippen LogP contribution >= 0.6 is 0 Å². The van der Waals surface area contributed by atoms with Gasteiger partial charge in [0, 0.05) is 39.0 Å². The Morgan fingerprint density at radius 3 is 1.65 bits per heavy atom. The number of carbonyl (C=O) groups is 3. The fraction of sp³-hybridized carbons (Fsp3) is 0.807. The van der Waals surface area contributed by atoms with Gasteiger partial charge in [0.25, 0.3) is 0 Å². The normalized spacial score (nSPS) is 15.3. The second-order valence-corrected chi connectivity index (χ2v) is 18.4. The van der Waals surface area contributed by atoms with Gasteiger partial charge in [-0.1, -0.05) is 108 Å². The minimum Gasteiger partial charge on any atom is -0.466 e. The number of unbranched alkanes of at least 4 members (excludes halogenated alkanes) is 14. The highest BCUT2D eigenvalue weighted by molar-refractivity contribution is 5.70. The number of ether oxygens (including phenoxy) is 5. The van der Waals surface area contributed by atoms with Crippen molar-refractivity contribution in [3.05, 3.63) is 48.6 Å². The average Bonchev–Trinajstić information content (AvgIpc) is 3.32. The molecule has 1 fully saturated rings. The summed E-state index contributed by atoms with van der Waals surface area (Å²) in [6.07, 6.45) is 47.8. The molecule has 66 heavy (non-hydrogen) atoms. The largest absolute Gasteiger partial charge is 0.466 e. The van der Waals surface area contributed by atoms with E-state index in [1.807, 2.05) is 0 Å². The molecule has 1 aliphatic heterocycles. The first kappa shape index (κ1) is 61.3. The maximum atomic E-state index is 13.1. The van der Waals surface area contributed by atoms with Crippen LogP contribution in [0.15, 0.2) is 48.6 Å². The molecule has 382 valence electrons. The van der Waals surface area contributed by atoms with Crippen molar-refractivity contribution in [3.8, 4) is 0 Å². The van der Waals surface area contributed by atoms with Crippen molar-refractivity contribution in [2.75, 3.05) is 46.1 Å². The van der Waals surface area contributed by atoms with Crippen molar-refractivity contribution in [2.45, 2.75) is 246 Å². The molecule has 0 aliphatic carbocycles. The Bertz CT molecular complexity index is 1220. The maximum absolute atomic E-state index is 13.1. The summed E-state index contributed by atoms with van der Waals surface area (Å²) in [6.45, 7) is 14.0. The number of hydrogen-bond acceptors (Lipinski definition) is 9. The summed E-state index contributed by atoms with van der Waals surface area (Å²) in [5.41, 5.74) is 0. The predicted octanol–water partition coefficient (Wildman–Crippen LogP) is 15.1. The van der Waals surface area contributed by atoms with E-state index in [-0.39, 0.29) is 30.4 Å². The molecule has 0 radical (unpaired) electrons. The number of esters is 3. The van der Waals surface area contributed by atoms with E-state index in [1.54, 1.807) is 0 Å². The number of likely N-dealkylation sites (tertiary alicyclic amines) is 1.